The Morgan fingerprint density at radius 1 is 1.48 bits per heavy atom. The van der Waals surface area contributed by atoms with Gasteiger partial charge in [-0.05, 0) is 42.2 Å². The van der Waals surface area contributed by atoms with Crippen molar-refractivity contribution in [3.05, 3.63) is 46.7 Å². The molecular weight excluding hydrogens is 286 g/mol. The molecule has 0 aliphatic carbocycles. The summed E-state index contributed by atoms with van der Waals surface area (Å²) in [5.41, 5.74) is 3.25. The number of benzene rings is 1. The van der Waals surface area contributed by atoms with E-state index >= 15 is 0 Å². The molecule has 1 aliphatic heterocycles. The first-order valence-electron chi connectivity index (χ1n) is 7.12. The van der Waals surface area contributed by atoms with E-state index < -0.39 is 0 Å². The Hall–Kier alpha value is -1.81. The zero-order chi connectivity index (χ0) is 15.0. The Morgan fingerprint density at radius 3 is 3.00 bits per heavy atom. The van der Waals surface area contributed by atoms with Gasteiger partial charge in [-0.25, -0.2) is 0 Å². The number of rotatable bonds is 3. The summed E-state index contributed by atoms with van der Waals surface area (Å²) in [6.07, 6.45) is 5.37. The fraction of sp³-hybridized carbons (Fsp3) is 0.375. The molecule has 21 heavy (non-hydrogen) atoms. The van der Waals surface area contributed by atoms with Crippen molar-refractivity contribution in [2.24, 2.45) is 13.0 Å². The summed E-state index contributed by atoms with van der Waals surface area (Å²) in [6, 6.07) is 5.74. The summed E-state index contributed by atoms with van der Waals surface area (Å²) in [6.45, 7) is 2.72. The van der Waals surface area contributed by atoms with Gasteiger partial charge >= 0.3 is 0 Å². The number of carbonyl (C=O) groups is 1. The molecule has 0 fully saturated rings. The third kappa shape index (κ3) is 2.81. The molecule has 5 heteroatoms. The van der Waals surface area contributed by atoms with Crippen molar-refractivity contribution in [2.45, 2.75) is 19.8 Å². The van der Waals surface area contributed by atoms with E-state index in [9.17, 15) is 4.79 Å². The summed E-state index contributed by atoms with van der Waals surface area (Å²) in [7, 11) is 1.89. The van der Waals surface area contributed by atoms with Crippen LogP contribution in [0.1, 0.15) is 18.1 Å². The van der Waals surface area contributed by atoms with E-state index in [0.717, 1.165) is 34.8 Å². The van der Waals surface area contributed by atoms with Crippen molar-refractivity contribution in [1.82, 2.24) is 9.78 Å². The predicted molar refractivity (Wildman–Crippen MR) is 83.6 cm³/mol. The molecule has 0 radical (unpaired) electrons. The van der Waals surface area contributed by atoms with Crippen LogP contribution >= 0.6 is 11.6 Å². The van der Waals surface area contributed by atoms with Gasteiger partial charge in [0, 0.05) is 36.4 Å². The number of anilines is 1. The normalized spacial score (nSPS) is 15.1. The zero-order valence-electron chi connectivity index (χ0n) is 12.2. The zero-order valence-corrected chi connectivity index (χ0v) is 13.0. The highest BCUT2D eigenvalue weighted by Crippen LogP contribution is 2.31. The highest BCUT2D eigenvalue weighted by molar-refractivity contribution is 6.30. The van der Waals surface area contributed by atoms with Gasteiger partial charge in [-0.2, -0.15) is 5.10 Å². The smallest absolute Gasteiger partial charge is 0.230 e. The lowest BCUT2D eigenvalue weighted by Gasteiger charge is -2.21. The number of fused-ring (bicyclic) bond motifs is 1. The molecule has 1 aliphatic rings. The Balaban J connectivity index is 1.74. The van der Waals surface area contributed by atoms with Crippen molar-refractivity contribution in [3.63, 3.8) is 0 Å². The lowest BCUT2D eigenvalue weighted by Crippen LogP contribution is -2.34. The molecule has 110 valence electrons. The molecule has 0 spiro atoms. The van der Waals surface area contributed by atoms with E-state index in [0.29, 0.717) is 6.42 Å². The molecular formula is C16H18ClN3O. The van der Waals surface area contributed by atoms with Crippen LogP contribution in [-0.4, -0.2) is 22.2 Å². The van der Waals surface area contributed by atoms with Gasteiger partial charge in [0.2, 0.25) is 5.91 Å². The lowest BCUT2D eigenvalue weighted by atomic mass is 10.0. The number of hydrogen-bond acceptors (Lipinski definition) is 2. The monoisotopic (exact) mass is 303 g/mol. The third-order valence-electron chi connectivity index (χ3n) is 3.92. The molecule has 2 heterocycles. The highest BCUT2D eigenvalue weighted by Gasteiger charge is 2.28. The van der Waals surface area contributed by atoms with Crippen LogP contribution in [0.2, 0.25) is 5.02 Å². The maximum atomic E-state index is 12.7. The predicted octanol–water partition coefficient (Wildman–Crippen LogP) is 2.84. The fourth-order valence-corrected chi connectivity index (χ4v) is 3.08. The van der Waals surface area contributed by atoms with E-state index in [1.54, 1.807) is 4.68 Å². The Bertz CT molecular complexity index is 680. The van der Waals surface area contributed by atoms with Gasteiger partial charge in [-0.15, -0.1) is 0 Å². The topological polar surface area (TPSA) is 38.1 Å². The van der Waals surface area contributed by atoms with Gasteiger partial charge < -0.3 is 4.90 Å². The van der Waals surface area contributed by atoms with Crippen LogP contribution in [0.5, 0.6) is 0 Å². The standard InChI is InChI=1S/C16H18ClN3O/c1-11(7-12-9-18-19(2)10-12)16(21)20-6-5-13-8-14(17)3-4-15(13)20/h3-4,8-11H,5-7H2,1-2H3. The molecule has 4 nitrogen and oxygen atoms in total. The molecule has 3 rings (SSSR count). The van der Waals surface area contributed by atoms with Crippen LogP contribution in [-0.2, 0) is 24.7 Å². The van der Waals surface area contributed by atoms with E-state index in [-0.39, 0.29) is 11.8 Å². The minimum atomic E-state index is -0.0594. The first-order valence-corrected chi connectivity index (χ1v) is 7.49. The quantitative estimate of drug-likeness (QED) is 0.874. The fourth-order valence-electron chi connectivity index (χ4n) is 2.88. The van der Waals surface area contributed by atoms with Crippen LogP contribution < -0.4 is 4.90 Å². The largest absolute Gasteiger partial charge is 0.312 e. The second kappa shape index (κ2) is 5.53. The molecule has 2 aromatic rings. The van der Waals surface area contributed by atoms with E-state index in [2.05, 4.69) is 5.10 Å². The third-order valence-corrected chi connectivity index (χ3v) is 4.16. The van der Waals surface area contributed by atoms with Gasteiger partial charge in [0.1, 0.15) is 0 Å². The summed E-state index contributed by atoms with van der Waals surface area (Å²) in [4.78, 5) is 14.6. The Kier molecular flexibility index (Phi) is 3.72. The molecule has 0 N–H and O–H groups in total. The van der Waals surface area contributed by atoms with Gasteiger partial charge in [0.05, 0.1) is 6.20 Å². The highest BCUT2D eigenvalue weighted by atomic mass is 35.5. The van der Waals surface area contributed by atoms with E-state index in [1.165, 1.54) is 0 Å². The van der Waals surface area contributed by atoms with Crippen LogP contribution in [0, 0.1) is 5.92 Å². The molecule has 1 aromatic carbocycles. The number of carbonyl (C=O) groups excluding carboxylic acids is 1. The van der Waals surface area contributed by atoms with Gasteiger partial charge in [0.25, 0.3) is 0 Å². The summed E-state index contributed by atoms with van der Waals surface area (Å²) in [5.74, 6) is 0.107. The molecule has 1 aromatic heterocycles. The number of hydrogen-bond donors (Lipinski definition) is 0. The minimum Gasteiger partial charge on any atom is -0.312 e. The van der Waals surface area contributed by atoms with Gasteiger partial charge in [-0.3, -0.25) is 9.48 Å². The molecule has 0 bridgehead atoms. The average Bonchev–Trinajstić information content (AvgIpc) is 3.03. The second-order valence-electron chi connectivity index (χ2n) is 5.64. The first-order chi connectivity index (χ1) is 10.0. The number of amides is 1. The summed E-state index contributed by atoms with van der Waals surface area (Å²) in [5, 5.41) is 4.88. The van der Waals surface area contributed by atoms with Crippen LogP contribution in [0.25, 0.3) is 0 Å². The average molecular weight is 304 g/mol. The van der Waals surface area contributed by atoms with Crippen molar-refractivity contribution in [3.8, 4) is 0 Å². The number of aryl methyl sites for hydroxylation is 1. The van der Waals surface area contributed by atoms with E-state index in [4.69, 9.17) is 11.6 Å². The van der Waals surface area contributed by atoms with Crippen molar-refractivity contribution >= 4 is 23.2 Å². The molecule has 1 atom stereocenters. The van der Waals surface area contributed by atoms with Crippen LogP contribution in [0.3, 0.4) is 0 Å². The second-order valence-corrected chi connectivity index (χ2v) is 6.08. The van der Waals surface area contributed by atoms with Crippen LogP contribution in [0.4, 0.5) is 5.69 Å². The Morgan fingerprint density at radius 2 is 2.29 bits per heavy atom. The van der Waals surface area contributed by atoms with Gasteiger partial charge in [-0.1, -0.05) is 18.5 Å². The Labute approximate surface area is 129 Å². The molecule has 1 unspecified atom stereocenters. The number of nitrogens with zero attached hydrogens (tertiary/aromatic N) is 3. The molecule has 0 saturated heterocycles. The van der Waals surface area contributed by atoms with Crippen LogP contribution in [0.15, 0.2) is 30.6 Å². The number of aromatic nitrogens is 2. The summed E-state index contributed by atoms with van der Waals surface area (Å²) >= 11 is 6.01. The van der Waals surface area contributed by atoms with Crippen molar-refractivity contribution < 1.29 is 4.79 Å². The minimum absolute atomic E-state index is 0.0594. The first kappa shape index (κ1) is 14.1. The maximum absolute atomic E-state index is 12.7. The van der Waals surface area contributed by atoms with Gasteiger partial charge in [0.15, 0.2) is 0 Å². The SMILES string of the molecule is CC(Cc1cnn(C)c1)C(=O)N1CCc2cc(Cl)ccc21. The van der Waals surface area contributed by atoms with Crippen molar-refractivity contribution in [2.75, 3.05) is 11.4 Å². The lowest BCUT2D eigenvalue weighted by molar-refractivity contribution is -0.121. The van der Waals surface area contributed by atoms with E-state index in [1.807, 2.05) is 49.5 Å². The maximum Gasteiger partial charge on any atom is 0.230 e. The van der Waals surface area contributed by atoms with Crippen molar-refractivity contribution in [1.29, 1.82) is 0 Å². The molecule has 0 saturated carbocycles. The summed E-state index contributed by atoms with van der Waals surface area (Å²) < 4.78 is 1.76. The molecule has 1 amide bonds. The number of halogens is 1.